The number of nitrogens with one attached hydrogen (secondary N) is 1. The lowest BCUT2D eigenvalue weighted by Gasteiger charge is -2.14. The molecule has 5 heteroatoms. The van der Waals surface area contributed by atoms with Gasteiger partial charge < -0.3 is 19.9 Å². The minimum Gasteiger partial charge on any atom is -0.497 e. The molecule has 0 aliphatic carbocycles. The van der Waals surface area contributed by atoms with Gasteiger partial charge in [0.2, 0.25) is 0 Å². The van der Waals surface area contributed by atoms with Crippen LogP contribution < -0.4 is 4.74 Å². The van der Waals surface area contributed by atoms with Crippen LogP contribution in [0.2, 0.25) is 0 Å². The van der Waals surface area contributed by atoms with Crippen LogP contribution in [0.15, 0.2) is 24.4 Å². The summed E-state index contributed by atoms with van der Waals surface area (Å²) in [4.78, 5) is 3.06. The lowest BCUT2D eigenvalue weighted by Crippen LogP contribution is -2.19. The molecule has 0 amide bonds. The summed E-state index contributed by atoms with van der Waals surface area (Å²) in [7, 11) is 1.59. The molecule has 1 aromatic heterocycles. The molecule has 17 heavy (non-hydrogen) atoms. The zero-order valence-corrected chi connectivity index (χ0v) is 10.9. The average molecular weight is 300 g/mol. The highest BCUT2D eigenvalue weighted by Gasteiger charge is 2.20. The Balaban J connectivity index is 2.47. The topological polar surface area (TPSA) is 65.5 Å². The van der Waals surface area contributed by atoms with E-state index in [1.807, 2.05) is 18.2 Å². The van der Waals surface area contributed by atoms with Gasteiger partial charge in [0.1, 0.15) is 11.9 Å². The largest absolute Gasteiger partial charge is 0.497 e. The molecule has 4 nitrogen and oxygen atoms in total. The number of rotatable bonds is 4. The van der Waals surface area contributed by atoms with E-state index in [1.54, 1.807) is 13.3 Å². The first-order chi connectivity index (χ1) is 8.17. The second-order valence-electron chi connectivity index (χ2n) is 3.82. The number of hydrogen-bond donors (Lipinski definition) is 3. The van der Waals surface area contributed by atoms with Crippen molar-refractivity contribution in [1.29, 1.82) is 0 Å². The molecule has 2 atom stereocenters. The van der Waals surface area contributed by atoms with Crippen LogP contribution in [0.3, 0.4) is 0 Å². The highest BCUT2D eigenvalue weighted by atomic mass is 79.9. The molecule has 0 aliphatic heterocycles. The molecule has 0 saturated carbocycles. The number of H-pyrrole nitrogens is 1. The number of methoxy groups -OCH3 is 1. The van der Waals surface area contributed by atoms with Crippen molar-refractivity contribution in [2.45, 2.75) is 12.2 Å². The van der Waals surface area contributed by atoms with Crippen molar-refractivity contribution >= 4 is 26.8 Å². The molecule has 2 unspecified atom stereocenters. The van der Waals surface area contributed by atoms with Crippen LogP contribution in [-0.2, 0) is 0 Å². The molecule has 1 aromatic carbocycles. The van der Waals surface area contributed by atoms with E-state index in [4.69, 9.17) is 4.74 Å². The molecule has 0 saturated heterocycles. The van der Waals surface area contributed by atoms with Crippen LogP contribution in [0, 0.1) is 0 Å². The molecule has 0 bridgehead atoms. The number of aliphatic hydroxyl groups is 2. The minimum atomic E-state index is -0.921. The number of hydrogen-bond acceptors (Lipinski definition) is 3. The Bertz CT molecular complexity index is 511. The monoisotopic (exact) mass is 299 g/mol. The van der Waals surface area contributed by atoms with Crippen LogP contribution in [0.1, 0.15) is 11.7 Å². The first-order valence-electron chi connectivity index (χ1n) is 5.24. The molecule has 3 N–H and O–H groups in total. The van der Waals surface area contributed by atoms with Gasteiger partial charge in [0.05, 0.1) is 13.2 Å². The summed E-state index contributed by atoms with van der Waals surface area (Å²) >= 11 is 3.15. The van der Waals surface area contributed by atoms with Gasteiger partial charge in [-0.2, -0.15) is 0 Å². The number of alkyl halides is 1. The van der Waals surface area contributed by atoms with Gasteiger partial charge in [-0.05, 0) is 18.2 Å². The second kappa shape index (κ2) is 5.08. The van der Waals surface area contributed by atoms with Gasteiger partial charge >= 0.3 is 0 Å². The number of benzene rings is 1. The SMILES string of the molecule is COc1ccc2[nH]cc(C(O)C(O)CBr)c2c1. The van der Waals surface area contributed by atoms with Crippen molar-refractivity contribution < 1.29 is 14.9 Å². The maximum Gasteiger partial charge on any atom is 0.119 e. The second-order valence-corrected chi connectivity index (χ2v) is 4.47. The molecule has 1 heterocycles. The first-order valence-corrected chi connectivity index (χ1v) is 6.36. The third kappa shape index (κ3) is 2.31. The van der Waals surface area contributed by atoms with Crippen LogP contribution in [0.5, 0.6) is 5.75 Å². The van der Waals surface area contributed by atoms with Crippen LogP contribution in [0.4, 0.5) is 0 Å². The summed E-state index contributed by atoms with van der Waals surface area (Å²) < 4.78 is 5.15. The predicted molar refractivity (Wildman–Crippen MR) is 69.6 cm³/mol. The van der Waals surface area contributed by atoms with Gasteiger partial charge in [-0.25, -0.2) is 0 Å². The van der Waals surface area contributed by atoms with Crippen molar-refractivity contribution in [2.24, 2.45) is 0 Å². The summed E-state index contributed by atoms with van der Waals surface area (Å²) in [6.07, 6.45) is -0.0452. The van der Waals surface area contributed by atoms with E-state index >= 15 is 0 Å². The van der Waals surface area contributed by atoms with Crippen molar-refractivity contribution in [1.82, 2.24) is 4.98 Å². The van der Waals surface area contributed by atoms with Gasteiger partial charge in [0.15, 0.2) is 0 Å². The van der Waals surface area contributed by atoms with Crippen molar-refractivity contribution in [3.63, 3.8) is 0 Å². The summed E-state index contributed by atoms with van der Waals surface area (Å²) in [5.74, 6) is 0.721. The van der Waals surface area contributed by atoms with Crippen LogP contribution in [0.25, 0.3) is 10.9 Å². The quantitative estimate of drug-likeness (QED) is 0.756. The molecule has 2 aromatic rings. The zero-order valence-electron chi connectivity index (χ0n) is 9.35. The lowest BCUT2D eigenvalue weighted by atomic mass is 10.0. The molecule has 0 aliphatic rings. The first kappa shape index (κ1) is 12.4. The summed E-state index contributed by atoms with van der Waals surface area (Å²) in [6.45, 7) is 0. The zero-order chi connectivity index (χ0) is 12.4. The van der Waals surface area contributed by atoms with Gasteiger partial charge in [-0.3, -0.25) is 0 Å². The van der Waals surface area contributed by atoms with Crippen molar-refractivity contribution in [2.75, 3.05) is 12.4 Å². The lowest BCUT2D eigenvalue weighted by molar-refractivity contribution is 0.0352. The van der Waals surface area contributed by atoms with Gasteiger partial charge in [0.25, 0.3) is 0 Å². The van der Waals surface area contributed by atoms with E-state index in [1.165, 1.54) is 0 Å². The average Bonchev–Trinajstić information content (AvgIpc) is 2.79. The van der Waals surface area contributed by atoms with Crippen LogP contribution >= 0.6 is 15.9 Å². The Labute approximate surface area is 107 Å². The van der Waals surface area contributed by atoms with E-state index in [2.05, 4.69) is 20.9 Å². The number of aromatic nitrogens is 1. The summed E-state index contributed by atoms with van der Waals surface area (Å²) in [5, 5.41) is 20.8. The van der Waals surface area contributed by atoms with E-state index in [-0.39, 0.29) is 0 Å². The normalized spacial score (nSPS) is 14.8. The number of fused-ring (bicyclic) bond motifs is 1. The number of halogens is 1. The third-order valence-corrected chi connectivity index (χ3v) is 3.43. The molecule has 92 valence electrons. The molecular formula is C12H14BrNO3. The highest BCUT2D eigenvalue weighted by molar-refractivity contribution is 9.09. The number of ether oxygens (including phenoxy) is 1. The number of aliphatic hydroxyl groups excluding tert-OH is 2. The highest BCUT2D eigenvalue weighted by Crippen LogP contribution is 2.29. The smallest absolute Gasteiger partial charge is 0.119 e. The molecule has 0 spiro atoms. The summed E-state index contributed by atoms with van der Waals surface area (Å²) in [6, 6.07) is 5.56. The van der Waals surface area contributed by atoms with Gasteiger partial charge in [-0.15, -0.1) is 0 Å². The summed E-state index contributed by atoms with van der Waals surface area (Å²) in [5.41, 5.74) is 1.58. The maximum absolute atomic E-state index is 10.00. The molecular weight excluding hydrogens is 286 g/mol. The Morgan fingerprint density at radius 3 is 2.82 bits per heavy atom. The third-order valence-electron chi connectivity index (χ3n) is 2.76. The molecule has 0 radical (unpaired) electrons. The van der Waals surface area contributed by atoms with E-state index in [0.29, 0.717) is 10.9 Å². The van der Waals surface area contributed by atoms with Crippen molar-refractivity contribution in [3.8, 4) is 5.75 Å². The fourth-order valence-electron chi connectivity index (χ4n) is 1.78. The Hall–Kier alpha value is -1.04. The number of aromatic amines is 1. The minimum absolute atomic E-state index is 0.324. The maximum atomic E-state index is 10.00. The Morgan fingerprint density at radius 1 is 1.41 bits per heavy atom. The standard InChI is InChI=1S/C12H14BrNO3/c1-17-7-2-3-10-8(4-7)9(6-14-10)12(16)11(15)5-13/h2-4,6,11-12,14-16H,5H2,1H3. The fourth-order valence-corrected chi connectivity index (χ4v) is 2.14. The van der Waals surface area contributed by atoms with Crippen molar-refractivity contribution in [3.05, 3.63) is 30.0 Å². The van der Waals surface area contributed by atoms with Crippen LogP contribution in [-0.4, -0.2) is 33.7 Å². The molecule has 0 fully saturated rings. The molecule has 2 rings (SSSR count). The predicted octanol–water partition coefficient (Wildman–Crippen LogP) is 1.97. The van der Waals surface area contributed by atoms with E-state index in [0.717, 1.165) is 16.7 Å². The van der Waals surface area contributed by atoms with Gasteiger partial charge in [-0.1, -0.05) is 15.9 Å². The van der Waals surface area contributed by atoms with E-state index in [9.17, 15) is 10.2 Å². The van der Waals surface area contributed by atoms with E-state index < -0.39 is 12.2 Å². The Kier molecular flexibility index (Phi) is 3.71. The Morgan fingerprint density at radius 2 is 2.18 bits per heavy atom. The fraction of sp³-hybridized carbons (Fsp3) is 0.333. The van der Waals surface area contributed by atoms with Gasteiger partial charge in [0, 0.05) is 28.0 Å².